The summed E-state index contributed by atoms with van der Waals surface area (Å²) in [5.74, 6) is 0.783. The van der Waals surface area contributed by atoms with Gasteiger partial charge in [0.25, 0.3) is 5.91 Å². The molecule has 0 radical (unpaired) electrons. The van der Waals surface area contributed by atoms with Gasteiger partial charge in [-0.1, -0.05) is 36.4 Å². The van der Waals surface area contributed by atoms with Crippen LogP contribution in [0.4, 0.5) is 0 Å². The van der Waals surface area contributed by atoms with E-state index in [2.05, 4.69) is 34.3 Å². The number of aromatic nitrogens is 1. The molecule has 3 aromatic rings. The van der Waals surface area contributed by atoms with Gasteiger partial charge in [0.05, 0.1) is 5.57 Å². The maximum Gasteiger partial charge on any atom is 0.250 e. The number of carbonyl (C=O) groups excluding carboxylic acids is 1. The number of hydrogen-bond acceptors (Lipinski definition) is 2. The minimum Gasteiger partial charge on any atom is -0.488 e. The molecule has 0 saturated carbocycles. The molecule has 2 aromatic carbocycles. The predicted molar refractivity (Wildman–Crippen MR) is 99.5 cm³/mol. The van der Waals surface area contributed by atoms with Crippen molar-refractivity contribution in [2.24, 2.45) is 0 Å². The van der Waals surface area contributed by atoms with Gasteiger partial charge < -0.3 is 14.6 Å². The minimum absolute atomic E-state index is 0.0492. The molecule has 2 heterocycles. The third-order valence-corrected chi connectivity index (χ3v) is 4.47. The van der Waals surface area contributed by atoms with E-state index in [0.29, 0.717) is 18.7 Å². The summed E-state index contributed by atoms with van der Waals surface area (Å²) in [7, 11) is 0. The summed E-state index contributed by atoms with van der Waals surface area (Å²) in [5.41, 5.74) is 2.86. The monoisotopic (exact) mass is 332 g/mol. The zero-order valence-electron chi connectivity index (χ0n) is 13.9. The Hall–Kier alpha value is -3.01. The van der Waals surface area contributed by atoms with E-state index in [0.717, 1.165) is 24.3 Å². The Balaban J connectivity index is 1.32. The zero-order chi connectivity index (χ0) is 17.1. The Morgan fingerprint density at radius 2 is 1.92 bits per heavy atom. The number of carbonyl (C=O) groups is 1. The van der Waals surface area contributed by atoms with Gasteiger partial charge in [0, 0.05) is 30.4 Å². The van der Waals surface area contributed by atoms with Gasteiger partial charge in [-0.3, -0.25) is 4.79 Å². The molecular formula is C21H20N2O2. The first-order valence-electron chi connectivity index (χ1n) is 8.56. The average Bonchev–Trinajstić information content (AvgIpc) is 3.08. The van der Waals surface area contributed by atoms with Gasteiger partial charge in [-0.2, -0.15) is 0 Å². The van der Waals surface area contributed by atoms with Crippen LogP contribution in [0, 0.1) is 0 Å². The van der Waals surface area contributed by atoms with E-state index < -0.39 is 0 Å². The lowest BCUT2D eigenvalue weighted by molar-refractivity contribution is -0.117. The molecule has 1 aliphatic rings. The van der Waals surface area contributed by atoms with Crippen LogP contribution >= 0.6 is 0 Å². The number of hydrogen-bond donors (Lipinski definition) is 1. The quantitative estimate of drug-likeness (QED) is 0.725. The van der Waals surface area contributed by atoms with Crippen molar-refractivity contribution in [2.75, 3.05) is 13.2 Å². The molecule has 0 aliphatic carbocycles. The molecule has 4 heteroatoms. The Labute approximate surface area is 146 Å². The van der Waals surface area contributed by atoms with Gasteiger partial charge in [0.1, 0.15) is 12.4 Å². The lowest BCUT2D eigenvalue weighted by atomic mass is 10.1. The van der Waals surface area contributed by atoms with Crippen LogP contribution < -0.4 is 10.1 Å². The highest BCUT2D eigenvalue weighted by molar-refractivity contribution is 5.99. The van der Waals surface area contributed by atoms with E-state index in [1.807, 2.05) is 42.5 Å². The third-order valence-electron chi connectivity index (χ3n) is 4.47. The van der Waals surface area contributed by atoms with Crippen LogP contribution in [-0.4, -0.2) is 23.6 Å². The molecule has 126 valence electrons. The molecule has 1 amide bonds. The fourth-order valence-electron chi connectivity index (χ4n) is 3.15. The molecule has 0 bridgehead atoms. The van der Waals surface area contributed by atoms with Crippen LogP contribution in [0.3, 0.4) is 0 Å². The van der Waals surface area contributed by atoms with Crippen molar-refractivity contribution < 1.29 is 9.53 Å². The lowest BCUT2D eigenvalue weighted by Gasteiger charge is -2.17. The summed E-state index contributed by atoms with van der Waals surface area (Å²) in [6, 6.07) is 18.2. The van der Waals surface area contributed by atoms with E-state index in [-0.39, 0.29) is 5.91 Å². The summed E-state index contributed by atoms with van der Waals surface area (Å²) in [4.78, 5) is 12.3. The maximum atomic E-state index is 12.3. The second kappa shape index (κ2) is 6.85. The number of aryl methyl sites for hydroxylation is 1. The van der Waals surface area contributed by atoms with Crippen molar-refractivity contribution >= 4 is 22.9 Å². The largest absolute Gasteiger partial charge is 0.488 e. The zero-order valence-corrected chi connectivity index (χ0v) is 13.9. The van der Waals surface area contributed by atoms with Crippen LogP contribution in [0.15, 0.2) is 66.4 Å². The van der Waals surface area contributed by atoms with Gasteiger partial charge in [-0.25, -0.2) is 0 Å². The summed E-state index contributed by atoms with van der Waals surface area (Å²) >= 11 is 0. The minimum atomic E-state index is -0.0492. The molecule has 1 aliphatic heterocycles. The number of fused-ring (bicyclic) bond motifs is 2. The van der Waals surface area contributed by atoms with E-state index >= 15 is 0 Å². The van der Waals surface area contributed by atoms with Crippen LogP contribution in [-0.2, 0) is 11.3 Å². The predicted octanol–water partition coefficient (Wildman–Crippen LogP) is 3.62. The first kappa shape index (κ1) is 15.5. The highest BCUT2D eigenvalue weighted by Crippen LogP contribution is 2.25. The van der Waals surface area contributed by atoms with Crippen LogP contribution in [0.2, 0.25) is 0 Å². The van der Waals surface area contributed by atoms with Crippen molar-refractivity contribution in [3.05, 3.63) is 71.9 Å². The normalized spacial score (nSPS) is 13.0. The SMILES string of the molecule is O=C(NCCCn1ccc2ccccc21)C1=Cc2ccccc2OC1. The number of nitrogens with one attached hydrogen (secondary N) is 1. The first-order chi connectivity index (χ1) is 12.3. The van der Waals surface area contributed by atoms with Gasteiger partial charge in [-0.05, 0) is 36.1 Å². The Morgan fingerprint density at radius 3 is 2.88 bits per heavy atom. The number of rotatable bonds is 5. The Kier molecular flexibility index (Phi) is 4.25. The number of benzene rings is 2. The van der Waals surface area contributed by atoms with E-state index in [1.54, 1.807) is 0 Å². The topological polar surface area (TPSA) is 43.3 Å². The number of nitrogens with zero attached hydrogens (tertiary/aromatic N) is 1. The molecule has 1 aromatic heterocycles. The van der Waals surface area contributed by atoms with Crippen LogP contribution in [0.1, 0.15) is 12.0 Å². The number of ether oxygens (including phenoxy) is 1. The summed E-state index contributed by atoms with van der Waals surface area (Å²) in [5, 5.41) is 4.24. The molecule has 4 rings (SSSR count). The fourth-order valence-corrected chi connectivity index (χ4v) is 3.15. The van der Waals surface area contributed by atoms with Crippen molar-refractivity contribution in [3.8, 4) is 5.75 Å². The lowest BCUT2D eigenvalue weighted by Crippen LogP contribution is -2.29. The Bertz CT molecular complexity index is 940. The van der Waals surface area contributed by atoms with Crippen LogP contribution in [0.5, 0.6) is 5.75 Å². The van der Waals surface area contributed by atoms with Gasteiger partial charge >= 0.3 is 0 Å². The molecule has 0 spiro atoms. The van der Waals surface area contributed by atoms with Gasteiger partial charge in [0.2, 0.25) is 0 Å². The molecular weight excluding hydrogens is 312 g/mol. The second-order valence-corrected chi connectivity index (χ2v) is 6.17. The molecule has 0 saturated heterocycles. The van der Waals surface area contributed by atoms with E-state index in [4.69, 9.17) is 4.74 Å². The molecule has 4 nitrogen and oxygen atoms in total. The van der Waals surface area contributed by atoms with Crippen molar-refractivity contribution in [1.29, 1.82) is 0 Å². The maximum absolute atomic E-state index is 12.3. The van der Waals surface area contributed by atoms with Crippen molar-refractivity contribution in [3.63, 3.8) is 0 Å². The first-order valence-corrected chi connectivity index (χ1v) is 8.56. The number of para-hydroxylation sites is 2. The summed E-state index contributed by atoms with van der Waals surface area (Å²) < 4.78 is 7.86. The highest BCUT2D eigenvalue weighted by Gasteiger charge is 2.16. The van der Waals surface area contributed by atoms with Gasteiger partial charge in [-0.15, -0.1) is 0 Å². The second-order valence-electron chi connectivity index (χ2n) is 6.17. The smallest absolute Gasteiger partial charge is 0.250 e. The van der Waals surface area contributed by atoms with Crippen molar-refractivity contribution in [2.45, 2.75) is 13.0 Å². The molecule has 0 atom stereocenters. The van der Waals surface area contributed by atoms with E-state index in [9.17, 15) is 4.79 Å². The summed E-state index contributed by atoms with van der Waals surface area (Å²) in [6.07, 6.45) is 4.89. The molecule has 1 N–H and O–H groups in total. The van der Waals surface area contributed by atoms with E-state index in [1.165, 1.54) is 10.9 Å². The third kappa shape index (κ3) is 3.29. The molecule has 0 fully saturated rings. The van der Waals surface area contributed by atoms with Crippen LogP contribution in [0.25, 0.3) is 17.0 Å². The Morgan fingerprint density at radius 1 is 1.08 bits per heavy atom. The molecule has 0 unspecified atom stereocenters. The van der Waals surface area contributed by atoms with Crippen molar-refractivity contribution in [1.82, 2.24) is 9.88 Å². The fraction of sp³-hybridized carbons (Fsp3) is 0.190. The van der Waals surface area contributed by atoms with Gasteiger partial charge in [0.15, 0.2) is 0 Å². The number of amides is 1. The standard InChI is InChI=1S/C21H20N2O2/c24-21(18-14-17-7-2-4-9-20(17)25-15-18)22-11-5-12-23-13-10-16-6-1-3-8-19(16)23/h1-4,6-10,13-14H,5,11-12,15H2,(H,22,24). The highest BCUT2D eigenvalue weighted by atomic mass is 16.5. The summed E-state index contributed by atoms with van der Waals surface area (Å²) in [6.45, 7) is 1.85. The average molecular weight is 332 g/mol. The molecule has 25 heavy (non-hydrogen) atoms.